The Kier molecular flexibility index (Phi) is 8.60. The molecule has 1 saturated heterocycles. The summed E-state index contributed by atoms with van der Waals surface area (Å²) >= 11 is 0. The molecule has 2 rings (SSSR count). The van der Waals surface area contributed by atoms with Crippen LogP contribution in [0.2, 0.25) is 0 Å². The van der Waals surface area contributed by atoms with Crippen molar-refractivity contribution in [3.8, 4) is 0 Å². The average molecular weight is 318 g/mol. The molecule has 0 aromatic rings. The van der Waals surface area contributed by atoms with E-state index in [0.29, 0.717) is 12.6 Å². The molecule has 0 aromatic heterocycles. The van der Waals surface area contributed by atoms with Crippen LogP contribution in [0.15, 0.2) is 0 Å². The van der Waals surface area contributed by atoms with E-state index in [2.05, 4.69) is 22.5 Å². The first-order valence-corrected chi connectivity index (χ1v) is 8.33. The Bertz CT molecular complexity index is 298. The molecule has 4 nitrogen and oxygen atoms in total. The third-order valence-electron chi connectivity index (χ3n) is 4.95. The molecule has 1 aliphatic heterocycles. The van der Waals surface area contributed by atoms with Crippen molar-refractivity contribution in [3.05, 3.63) is 0 Å². The minimum Gasteiger partial charge on any atom is -0.352 e. The fourth-order valence-corrected chi connectivity index (χ4v) is 3.52. The fraction of sp³-hybridized carbons (Fsp3) is 0.938. The van der Waals surface area contributed by atoms with Crippen LogP contribution in [0.5, 0.6) is 0 Å². The second kappa shape index (κ2) is 9.65. The van der Waals surface area contributed by atoms with E-state index in [-0.39, 0.29) is 18.3 Å². The Hall–Kier alpha value is -0.320. The van der Waals surface area contributed by atoms with Crippen molar-refractivity contribution >= 4 is 18.3 Å². The molecule has 1 saturated carbocycles. The summed E-state index contributed by atoms with van der Waals surface area (Å²) in [6.07, 6.45) is 7.29. The zero-order chi connectivity index (χ0) is 14.4. The number of amides is 1. The van der Waals surface area contributed by atoms with Gasteiger partial charge >= 0.3 is 0 Å². The molecule has 124 valence electrons. The van der Waals surface area contributed by atoms with Gasteiger partial charge in [-0.25, -0.2) is 0 Å². The summed E-state index contributed by atoms with van der Waals surface area (Å²) < 4.78 is 0. The molecule has 0 unspecified atom stereocenters. The highest BCUT2D eigenvalue weighted by Crippen LogP contribution is 2.23. The number of carbonyl (C=O) groups excluding carboxylic acids is 1. The molecule has 0 bridgehead atoms. The first kappa shape index (κ1) is 18.7. The number of halogens is 1. The predicted molar refractivity (Wildman–Crippen MR) is 89.9 cm³/mol. The SMILES string of the molecule is CNCC1CCN(CC(=O)NC2CCC(C)CC2)CC1.Cl. The molecule has 2 fully saturated rings. The van der Waals surface area contributed by atoms with Crippen LogP contribution in [0.4, 0.5) is 0 Å². The lowest BCUT2D eigenvalue weighted by Gasteiger charge is -2.32. The van der Waals surface area contributed by atoms with E-state index in [1.807, 2.05) is 7.05 Å². The summed E-state index contributed by atoms with van der Waals surface area (Å²) in [6, 6.07) is 0.431. The third kappa shape index (κ3) is 6.54. The number of nitrogens with one attached hydrogen (secondary N) is 2. The molecule has 0 radical (unpaired) electrons. The van der Waals surface area contributed by atoms with E-state index in [4.69, 9.17) is 0 Å². The predicted octanol–water partition coefficient (Wildman–Crippen LogP) is 2.03. The van der Waals surface area contributed by atoms with Gasteiger partial charge in [-0.1, -0.05) is 6.92 Å². The molecule has 2 N–H and O–H groups in total. The van der Waals surface area contributed by atoms with E-state index in [9.17, 15) is 4.79 Å². The minimum atomic E-state index is 0. The van der Waals surface area contributed by atoms with Crippen LogP contribution in [0.3, 0.4) is 0 Å². The van der Waals surface area contributed by atoms with Crippen molar-refractivity contribution < 1.29 is 4.79 Å². The summed E-state index contributed by atoms with van der Waals surface area (Å²) in [5.41, 5.74) is 0. The Labute approximate surface area is 135 Å². The first-order chi connectivity index (χ1) is 9.67. The van der Waals surface area contributed by atoms with Crippen LogP contribution < -0.4 is 10.6 Å². The maximum absolute atomic E-state index is 12.1. The summed E-state index contributed by atoms with van der Waals surface area (Å²) in [7, 11) is 2.02. The normalized spacial score (nSPS) is 27.9. The highest BCUT2D eigenvalue weighted by molar-refractivity contribution is 5.85. The van der Waals surface area contributed by atoms with Gasteiger partial charge in [0.2, 0.25) is 5.91 Å². The molecule has 0 aromatic carbocycles. The quantitative estimate of drug-likeness (QED) is 0.815. The van der Waals surface area contributed by atoms with Gasteiger partial charge in [0, 0.05) is 6.04 Å². The van der Waals surface area contributed by atoms with Crippen LogP contribution in [0, 0.1) is 11.8 Å². The average Bonchev–Trinajstić information content (AvgIpc) is 2.44. The van der Waals surface area contributed by atoms with Crippen molar-refractivity contribution in [2.75, 3.05) is 33.2 Å². The molecule has 0 spiro atoms. The Balaban J connectivity index is 0.00000220. The molecule has 0 atom stereocenters. The number of nitrogens with zero attached hydrogens (tertiary/aromatic N) is 1. The van der Waals surface area contributed by atoms with E-state index >= 15 is 0 Å². The van der Waals surface area contributed by atoms with Crippen molar-refractivity contribution in [1.82, 2.24) is 15.5 Å². The van der Waals surface area contributed by atoms with E-state index in [1.165, 1.54) is 25.7 Å². The van der Waals surface area contributed by atoms with Gasteiger partial charge in [-0.2, -0.15) is 0 Å². The lowest BCUT2D eigenvalue weighted by molar-refractivity contribution is -0.123. The van der Waals surface area contributed by atoms with Gasteiger partial charge in [0.15, 0.2) is 0 Å². The molecule has 1 aliphatic carbocycles. The summed E-state index contributed by atoms with van der Waals surface area (Å²) in [5.74, 6) is 1.87. The Morgan fingerprint density at radius 1 is 1.10 bits per heavy atom. The topological polar surface area (TPSA) is 44.4 Å². The van der Waals surface area contributed by atoms with Gasteiger partial charge in [-0.15, -0.1) is 12.4 Å². The second-order valence-corrected chi connectivity index (χ2v) is 6.80. The molecule has 2 aliphatic rings. The van der Waals surface area contributed by atoms with Crippen LogP contribution in [-0.4, -0.2) is 50.1 Å². The fourth-order valence-electron chi connectivity index (χ4n) is 3.52. The largest absolute Gasteiger partial charge is 0.352 e. The maximum Gasteiger partial charge on any atom is 0.234 e. The Morgan fingerprint density at radius 3 is 2.29 bits per heavy atom. The lowest BCUT2D eigenvalue weighted by Crippen LogP contribution is -2.46. The maximum atomic E-state index is 12.1. The summed E-state index contributed by atoms with van der Waals surface area (Å²) in [4.78, 5) is 14.4. The van der Waals surface area contributed by atoms with Crippen LogP contribution in [-0.2, 0) is 4.79 Å². The summed E-state index contributed by atoms with van der Waals surface area (Å²) in [6.45, 7) is 6.16. The van der Waals surface area contributed by atoms with Crippen LogP contribution in [0.25, 0.3) is 0 Å². The number of carbonyl (C=O) groups is 1. The van der Waals surface area contributed by atoms with Gasteiger partial charge in [0.25, 0.3) is 0 Å². The summed E-state index contributed by atoms with van der Waals surface area (Å²) in [5, 5.41) is 6.48. The Morgan fingerprint density at radius 2 is 1.71 bits per heavy atom. The molecule has 1 amide bonds. The van der Waals surface area contributed by atoms with Gasteiger partial charge in [0.1, 0.15) is 0 Å². The number of piperidine rings is 1. The van der Waals surface area contributed by atoms with Crippen LogP contribution >= 0.6 is 12.4 Å². The van der Waals surface area contributed by atoms with Gasteiger partial charge < -0.3 is 10.6 Å². The van der Waals surface area contributed by atoms with Gasteiger partial charge in [-0.05, 0) is 77.0 Å². The molecule has 21 heavy (non-hydrogen) atoms. The standard InChI is InChI=1S/C16H31N3O.ClH/c1-13-3-5-15(6-4-13)18-16(20)12-19-9-7-14(8-10-19)11-17-2;/h13-15,17H,3-12H2,1-2H3,(H,18,20);1H. The van der Waals surface area contributed by atoms with Crippen LogP contribution in [0.1, 0.15) is 45.4 Å². The zero-order valence-electron chi connectivity index (χ0n) is 13.6. The van der Waals surface area contributed by atoms with E-state index in [0.717, 1.165) is 44.3 Å². The lowest BCUT2D eigenvalue weighted by atomic mass is 9.87. The number of likely N-dealkylation sites (tertiary alicyclic amines) is 1. The van der Waals surface area contributed by atoms with Crippen molar-refractivity contribution in [1.29, 1.82) is 0 Å². The smallest absolute Gasteiger partial charge is 0.234 e. The van der Waals surface area contributed by atoms with Crippen molar-refractivity contribution in [2.24, 2.45) is 11.8 Å². The molecular formula is C16H32ClN3O. The molecular weight excluding hydrogens is 286 g/mol. The monoisotopic (exact) mass is 317 g/mol. The van der Waals surface area contributed by atoms with Crippen molar-refractivity contribution in [2.45, 2.75) is 51.5 Å². The van der Waals surface area contributed by atoms with Gasteiger partial charge in [-0.3, -0.25) is 9.69 Å². The van der Waals surface area contributed by atoms with E-state index < -0.39 is 0 Å². The third-order valence-corrected chi connectivity index (χ3v) is 4.95. The number of hydrogen-bond acceptors (Lipinski definition) is 3. The highest BCUT2D eigenvalue weighted by Gasteiger charge is 2.23. The van der Waals surface area contributed by atoms with E-state index in [1.54, 1.807) is 0 Å². The number of rotatable bonds is 5. The zero-order valence-corrected chi connectivity index (χ0v) is 14.4. The highest BCUT2D eigenvalue weighted by atomic mass is 35.5. The van der Waals surface area contributed by atoms with Crippen molar-refractivity contribution in [3.63, 3.8) is 0 Å². The first-order valence-electron chi connectivity index (χ1n) is 8.33. The van der Waals surface area contributed by atoms with Gasteiger partial charge in [0.05, 0.1) is 6.54 Å². The molecule has 5 heteroatoms. The number of hydrogen-bond donors (Lipinski definition) is 2. The molecule has 1 heterocycles. The minimum absolute atomic E-state index is 0. The second-order valence-electron chi connectivity index (χ2n) is 6.80.